The van der Waals surface area contributed by atoms with Gasteiger partial charge in [0.1, 0.15) is 0 Å². The maximum absolute atomic E-state index is 12.2. The Kier molecular flexibility index (Phi) is 3.21. The van der Waals surface area contributed by atoms with Crippen molar-refractivity contribution in [3.8, 4) is 0 Å². The molecule has 1 unspecified atom stereocenters. The first-order chi connectivity index (χ1) is 6.32. The summed E-state index contributed by atoms with van der Waals surface area (Å²) in [6, 6.07) is 3.17. The van der Waals surface area contributed by atoms with Crippen LogP contribution in [0.2, 0.25) is 0 Å². The van der Waals surface area contributed by atoms with E-state index in [2.05, 4.69) is 15.9 Å². The zero-order chi connectivity index (χ0) is 10.9. The van der Waals surface area contributed by atoms with Crippen LogP contribution in [0.1, 0.15) is 24.1 Å². The molecule has 1 aromatic rings. The molecule has 0 aliphatic carbocycles. The van der Waals surface area contributed by atoms with Crippen molar-refractivity contribution in [1.82, 2.24) is 0 Å². The molecule has 1 aromatic carbocycles. The van der Waals surface area contributed by atoms with Crippen LogP contribution in [-0.4, -0.2) is 0 Å². The van der Waals surface area contributed by atoms with Crippen molar-refractivity contribution < 1.29 is 13.2 Å². The summed E-state index contributed by atoms with van der Waals surface area (Å²) in [6.07, 6.45) is -4.31. The van der Waals surface area contributed by atoms with Gasteiger partial charge in [-0.15, -0.1) is 0 Å². The van der Waals surface area contributed by atoms with Crippen molar-refractivity contribution in [2.24, 2.45) is 5.73 Å². The molecule has 1 atom stereocenters. The largest absolute Gasteiger partial charge is 0.416 e. The molecule has 0 saturated carbocycles. The molecule has 0 heterocycles. The molecule has 0 aliphatic heterocycles. The minimum absolute atomic E-state index is 0.286. The van der Waals surface area contributed by atoms with Gasteiger partial charge in [-0.3, -0.25) is 0 Å². The van der Waals surface area contributed by atoms with E-state index in [4.69, 9.17) is 5.73 Å². The van der Waals surface area contributed by atoms with Crippen molar-refractivity contribution in [1.29, 1.82) is 0 Å². The molecule has 0 aromatic heterocycles. The number of halogens is 4. The van der Waals surface area contributed by atoms with E-state index < -0.39 is 11.7 Å². The molecule has 1 rings (SSSR count). The lowest BCUT2D eigenvalue weighted by Gasteiger charge is -2.12. The summed E-state index contributed by atoms with van der Waals surface area (Å²) >= 11 is 3.06. The van der Waals surface area contributed by atoms with Gasteiger partial charge < -0.3 is 5.73 Å². The number of alkyl halides is 3. The quantitative estimate of drug-likeness (QED) is 0.828. The van der Waals surface area contributed by atoms with E-state index in [0.717, 1.165) is 12.1 Å². The Hall–Kier alpha value is -0.550. The predicted molar refractivity (Wildman–Crippen MR) is 51.7 cm³/mol. The number of benzene rings is 1. The Morgan fingerprint density at radius 3 is 2.29 bits per heavy atom. The molecule has 78 valence electrons. The van der Waals surface area contributed by atoms with Crippen molar-refractivity contribution in [3.05, 3.63) is 33.8 Å². The number of hydrogen-bond acceptors (Lipinski definition) is 1. The van der Waals surface area contributed by atoms with Gasteiger partial charge in [0.05, 0.1) is 5.56 Å². The van der Waals surface area contributed by atoms with E-state index in [1.807, 2.05) is 0 Å². The van der Waals surface area contributed by atoms with E-state index in [9.17, 15) is 13.2 Å². The molecular weight excluding hydrogens is 259 g/mol. The molecule has 0 saturated heterocycles. The van der Waals surface area contributed by atoms with Crippen molar-refractivity contribution in [2.45, 2.75) is 19.1 Å². The van der Waals surface area contributed by atoms with E-state index in [0.29, 0.717) is 10.0 Å². The third kappa shape index (κ3) is 2.48. The lowest BCUT2D eigenvalue weighted by atomic mass is 10.1. The third-order valence-electron chi connectivity index (χ3n) is 1.82. The van der Waals surface area contributed by atoms with Gasteiger partial charge in [-0.2, -0.15) is 13.2 Å². The van der Waals surface area contributed by atoms with Gasteiger partial charge >= 0.3 is 6.18 Å². The van der Waals surface area contributed by atoms with Crippen LogP contribution in [0.25, 0.3) is 0 Å². The van der Waals surface area contributed by atoms with Gasteiger partial charge in [0.25, 0.3) is 0 Å². The molecule has 2 N–H and O–H groups in total. The van der Waals surface area contributed by atoms with E-state index in [-0.39, 0.29) is 6.04 Å². The maximum atomic E-state index is 12.2. The minimum Gasteiger partial charge on any atom is -0.324 e. The monoisotopic (exact) mass is 267 g/mol. The maximum Gasteiger partial charge on any atom is 0.416 e. The normalized spacial score (nSPS) is 14.1. The highest BCUT2D eigenvalue weighted by Crippen LogP contribution is 2.33. The van der Waals surface area contributed by atoms with Gasteiger partial charge in [-0.1, -0.05) is 22.0 Å². The van der Waals surface area contributed by atoms with Crippen LogP contribution >= 0.6 is 15.9 Å². The SMILES string of the molecule is CC(N)c1ccc(C(F)(F)F)cc1Br. The molecule has 14 heavy (non-hydrogen) atoms. The van der Waals surface area contributed by atoms with Crippen molar-refractivity contribution >= 4 is 15.9 Å². The molecule has 5 heteroatoms. The molecule has 0 bridgehead atoms. The number of nitrogens with two attached hydrogens (primary N) is 1. The van der Waals surface area contributed by atoms with Gasteiger partial charge in [0.2, 0.25) is 0 Å². The second-order valence-corrected chi connectivity index (χ2v) is 3.88. The van der Waals surface area contributed by atoms with Crippen LogP contribution in [0, 0.1) is 0 Å². The number of hydrogen-bond donors (Lipinski definition) is 1. The summed E-state index contributed by atoms with van der Waals surface area (Å²) < 4.78 is 37.1. The fourth-order valence-electron chi connectivity index (χ4n) is 1.07. The van der Waals surface area contributed by atoms with Gasteiger partial charge in [-0.05, 0) is 24.6 Å². The second kappa shape index (κ2) is 3.90. The fraction of sp³-hybridized carbons (Fsp3) is 0.333. The summed E-state index contributed by atoms with van der Waals surface area (Å²) in [7, 11) is 0. The van der Waals surface area contributed by atoms with Crippen molar-refractivity contribution in [2.75, 3.05) is 0 Å². The minimum atomic E-state index is -4.31. The first kappa shape index (κ1) is 11.5. The lowest BCUT2D eigenvalue weighted by molar-refractivity contribution is -0.137. The van der Waals surface area contributed by atoms with Crippen LogP contribution in [0.15, 0.2) is 22.7 Å². The zero-order valence-corrected chi connectivity index (χ0v) is 8.98. The highest BCUT2D eigenvalue weighted by Gasteiger charge is 2.30. The predicted octanol–water partition coefficient (Wildman–Crippen LogP) is 3.49. The van der Waals surface area contributed by atoms with Gasteiger partial charge in [0.15, 0.2) is 0 Å². The average molecular weight is 268 g/mol. The van der Waals surface area contributed by atoms with Crippen LogP contribution in [0.3, 0.4) is 0 Å². The first-order valence-corrected chi connectivity index (χ1v) is 4.74. The van der Waals surface area contributed by atoms with E-state index in [1.165, 1.54) is 6.07 Å². The van der Waals surface area contributed by atoms with Gasteiger partial charge in [0, 0.05) is 10.5 Å². The Morgan fingerprint density at radius 2 is 1.93 bits per heavy atom. The highest BCUT2D eigenvalue weighted by molar-refractivity contribution is 9.10. The Labute approximate surface area is 88.2 Å². The van der Waals surface area contributed by atoms with Crippen LogP contribution in [-0.2, 0) is 6.18 Å². The summed E-state index contributed by atoms with van der Waals surface area (Å²) in [5.74, 6) is 0. The molecule has 0 radical (unpaired) electrons. The molecule has 0 amide bonds. The number of rotatable bonds is 1. The Bertz CT molecular complexity index is 333. The molecule has 0 spiro atoms. The van der Waals surface area contributed by atoms with Crippen LogP contribution < -0.4 is 5.73 Å². The fourth-order valence-corrected chi connectivity index (χ4v) is 1.81. The summed E-state index contributed by atoms with van der Waals surface area (Å²) in [6.45, 7) is 1.72. The van der Waals surface area contributed by atoms with E-state index >= 15 is 0 Å². The van der Waals surface area contributed by atoms with Crippen LogP contribution in [0.4, 0.5) is 13.2 Å². The second-order valence-electron chi connectivity index (χ2n) is 3.02. The lowest BCUT2D eigenvalue weighted by Crippen LogP contribution is -2.09. The summed E-state index contributed by atoms with van der Waals surface area (Å²) in [4.78, 5) is 0. The standard InChI is InChI=1S/C9H9BrF3N/c1-5(14)7-3-2-6(4-8(7)10)9(11,12)13/h2-5H,14H2,1H3. The third-order valence-corrected chi connectivity index (χ3v) is 2.51. The molecule has 0 fully saturated rings. The van der Waals surface area contributed by atoms with Crippen LogP contribution in [0.5, 0.6) is 0 Å². The van der Waals surface area contributed by atoms with Gasteiger partial charge in [-0.25, -0.2) is 0 Å². The molecule has 1 nitrogen and oxygen atoms in total. The van der Waals surface area contributed by atoms with Crippen molar-refractivity contribution in [3.63, 3.8) is 0 Å². The van der Waals surface area contributed by atoms with E-state index in [1.54, 1.807) is 6.92 Å². The Morgan fingerprint density at radius 1 is 1.36 bits per heavy atom. The smallest absolute Gasteiger partial charge is 0.324 e. The molecular formula is C9H9BrF3N. The summed E-state index contributed by atoms with van der Waals surface area (Å²) in [5.41, 5.74) is 5.55. The zero-order valence-electron chi connectivity index (χ0n) is 7.40. The molecule has 0 aliphatic rings. The topological polar surface area (TPSA) is 26.0 Å². The Balaban J connectivity index is 3.13. The average Bonchev–Trinajstić information content (AvgIpc) is 2.01. The highest BCUT2D eigenvalue weighted by atomic mass is 79.9. The summed E-state index contributed by atoms with van der Waals surface area (Å²) in [5, 5.41) is 0. The first-order valence-electron chi connectivity index (χ1n) is 3.94.